The van der Waals surface area contributed by atoms with E-state index in [1.54, 1.807) is 19.0 Å². The van der Waals surface area contributed by atoms with E-state index in [1.807, 2.05) is 16.5 Å². The predicted octanol–water partition coefficient (Wildman–Crippen LogP) is 1.85. The first-order valence-electron chi connectivity index (χ1n) is 6.38. The van der Waals surface area contributed by atoms with Gasteiger partial charge in [-0.3, -0.25) is 0 Å². The third kappa shape index (κ3) is 2.70. The number of hydrogen-bond acceptors (Lipinski definition) is 3. The van der Waals surface area contributed by atoms with Gasteiger partial charge in [-0.05, 0) is 35.7 Å². The van der Waals surface area contributed by atoms with Crippen LogP contribution in [-0.2, 0) is 0 Å². The second-order valence-electron chi connectivity index (χ2n) is 5.12. The highest BCUT2D eigenvalue weighted by Crippen LogP contribution is 2.30. The van der Waals surface area contributed by atoms with Gasteiger partial charge in [0.1, 0.15) is 5.82 Å². The van der Waals surface area contributed by atoms with E-state index in [4.69, 9.17) is 5.73 Å². The Bertz CT molecular complexity index is 477. The first-order chi connectivity index (χ1) is 8.91. The predicted molar refractivity (Wildman–Crippen MR) is 78.0 cm³/mol. The van der Waals surface area contributed by atoms with Crippen molar-refractivity contribution >= 4 is 27.8 Å². The van der Waals surface area contributed by atoms with E-state index in [2.05, 4.69) is 21.0 Å². The summed E-state index contributed by atoms with van der Waals surface area (Å²) in [7, 11) is 3.56. The summed E-state index contributed by atoms with van der Waals surface area (Å²) >= 11 is 3.44. The molecular weight excluding hydrogens is 310 g/mol. The van der Waals surface area contributed by atoms with Crippen LogP contribution in [0, 0.1) is 6.92 Å². The number of nitrogens with zero attached hydrogens (tertiary/aromatic N) is 4. The molecule has 1 aromatic heterocycles. The Labute approximate surface area is 121 Å². The van der Waals surface area contributed by atoms with E-state index in [0.717, 1.165) is 36.1 Å². The molecule has 1 saturated heterocycles. The maximum absolute atomic E-state index is 11.9. The van der Waals surface area contributed by atoms with Gasteiger partial charge < -0.3 is 15.5 Å². The highest BCUT2D eigenvalue weighted by Gasteiger charge is 2.27. The first-order valence-corrected chi connectivity index (χ1v) is 7.17. The number of nitrogens with two attached hydrogens (primary N) is 1. The molecule has 19 heavy (non-hydrogen) atoms. The zero-order valence-electron chi connectivity index (χ0n) is 11.6. The summed E-state index contributed by atoms with van der Waals surface area (Å²) in [4.78, 5) is 15.4. The van der Waals surface area contributed by atoms with Crippen LogP contribution in [0.2, 0.25) is 0 Å². The summed E-state index contributed by atoms with van der Waals surface area (Å²) in [5, 5.41) is 4.47. The van der Waals surface area contributed by atoms with Crippen LogP contribution in [0.1, 0.15) is 24.6 Å². The van der Waals surface area contributed by atoms with Crippen LogP contribution in [0.4, 0.5) is 10.6 Å². The van der Waals surface area contributed by atoms with Crippen LogP contribution >= 0.6 is 15.9 Å². The second-order valence-corrected chi connectivity index (χ2v) is 5.92. The number of aryl methyl sites for hydroxylation is 1. The van der Waals surface area contributed by atoms with Crippen molar-refractivity contribution in [2.75, 3.05) is 32.9 Å². The molecule has 1 fully saturated rings. The van der Waals surface area contributed by atoms with Gasteiger partial charge in [-0.15, -0.1) is 0 Å². The fourth-order valence-corrected chi connectivity index (χ4v) is 2.67. The number of urea groups is 1. The van der Waals surface area contributed by atoms with Crippen LogP contribution in [-0.4, -0.2) is 52.8 Å². The molecule has 0 saturated carbocycles. The third-order valence-corrected chi connectivity index (χ3v) is 4.49. The maximum Gasteiger partial charge on any atom is 0.319 e. The molecule has 0 atom stereocenters. The Morgan fingerprint density at radius 3 is 2.42 bits per heavy atom. The van der Waals surface area contributed by atoms with Gasteiger partial charge in [0.15, 0.2) is 0 Å². The van der Waals surface area contributed by atoms with E-state index in [1.165, 1.54) is 0 Å². The number of likely N-dealkylation sites (tertiary alicyclic amines) is 1. The lowest BCUT2D eigenvalue weighted by Crippen LogP contribution is -2.44. The van der Waals surface area contributed by atoms with Crippen molar-refractivity contribution in [3.8, 4) is 0 Å². The van der Waals surface area contributed by atoms with Gasteiger partial charge in [0, 0.05) is 27.2 Å². The molecule has 0 aromatic carbocycles. The summed E-state index contributed by atoms with van der Waals surface area (Å²) in [6.07, 6.45) is 1.77. The van der Waals surface area contributed by atoms with Gasteiger partial charge >= 0.3 is 6.03 Å². The summed E-state index contributed by atoms with van der Waals surface area (Å²) in [5.74, 6) is 0.676. The quantitative estimate of drug-likeness (QED) is 0.855. The standard InChI is InChI=1S/C12H20BrN5O/c1-8-10(13)11(14)18(15-8)9-4-6-17(7-5-9)12(19)16(2)3/h9H,4-7,14H2,1-3H3. The molecule has 106 valence electrons. The Hall–Kier alpha value is -1.24. The topological polar surface area (TPSA) is 67.4 Å². The monoisotopic (exact) mass is 329 g/mol. The Morgan fingerprint density at radius 2 is 2.00 bits per heavy atom. The van der Waals surface area contributed by atoms with Crippen molar-refractivity contribution in [3.63, 3.8) is 0 Å². The van der Waals surface area contributed by atoms with Crippen molar-refractivity contribution in [1.82, 2.24) is 19.6 Å². The molecule has 1 aliphatic rings. The summed E-state index contributed by atoms with van der Waals surface area (Å²) in [5.41, 5.74) is 6.95. The zero-order valence-corrected chi connectivity index (χ0v) is 13.1. The molecule has 2 amide bonds. The minimum Gasteiger partial charge on any atom is -0.383 e. The number of rotatable bonds is 1. The molecule has 1 aromatic rings. The summed E-state index contributed by atoms with van der Waals surface area (Å²) < 4.78 is 2.76. The highest BCUT2D eigenvalue weighted by atomic mass is 79.9. The smallest absolute Gasteiger partial charge is 0.319 e. The number of hydrogen-bond donors (Lipinski definition) is 1. The van der Waals surface area contributed by atoms with Crippen molar-refractivity contribution in [2.24, 2.45) is 0 Å². The molecule has 2 rings (SSSR count). The van der Waals surface area contributed by atoms with Crippen LogP contribution in [0.5, 0.6) is 0 Å². The number of anilines is 1. The number of amides is 2. The lowest BCUT2D eigenvalue weighted by Gasteiger charge is -2.33. The number of carbonyl (C=O) groups is 1. The largest absolute Gasteiger partial charge is 0.383 e. The first kappa shape index (κ1) is 14.2. The molecule has 1 aliphatic heterocycles. The lowest BCUT2D eigenvalue weighted by atomic mass is 10.1. The van der Waals surface area contributed by atoms with Crippen molar-refractivity contribution < 1.29 is 4.79 Å². The third-order valence-electron chi connectivity index (χ3n) is 3.51. The van der Waals surface area contributed by atoms with Gasteiger partial charge in [0.2, 0.25) is 0 Å². The molecule has 0 spiro atoms. The van der Waals surface area contributed by atoms with Gasteiger partial charge in [0.05, 0.1) is 16.2 Å². The average molecular weight is 330 g/mol. The van der Waals surface area contributed by atoms with Crippen LogP contribution < -0.4 is 5.73 Å². The van der Waals surface area contributed by atoms with Gasteiger partial charge in [-0.2, -0.15) is 5.10 Å². The Morgan fingerprint density at radius 1 is 1.42 bits per heavy atom. The van der Waals surface area contributed by atoms with E-state index < -0.39 is 0 Å². The van der Waals surface area contributed by atoms with Crippen molar-refractivity contribution in [2.45, 2.75) is 25.8 Å². The summed E-state index contributed by atoms with van der Waals surface area (Å²) in [6.45, 7) is 3.43. The molecule has 0 bridgehead atoms. The molecule has 6 nitrogen and oxygen atoms in total. The lowest BCUT2D eigenvalue weighted by molar-refractivity contribution is 0.146. The van der Waals surface area contributed by atoms with E-state index >= 15 is 0 Å². The minimum absolute atomic E-state index is 0.0734. The molecule has 0 unspecified atom stereocenters. The molecule has 0 aliphatic carbocycles. The summed E-state index contributed by atoms with van der Waals surface area (Å²) in [6, 6.07) is 0.348. The Balaban J connectivity index is 2.04. The van der Waals surface area contributed by atoms with E-state index in [-0.39, 0.29) is 12.1 Å². The SMILES string of the molecule is Cc1nn(C2CCN(C(=O)N(C)C)CC2)c(N)c1Br. The highest BCUT2D eigenvalue weighted by molar-refractivity contribution is 9.10. The van der Waals surface area contributed by atoms with Gasteiger partial charge in [-0.1, -0.05) is 0 Å². The number of piperidine rings is 1. The van der Waals surface area contributed by atoms with Gasteiger partial charge in [0.25, 0.3) is 0 Å². The molecule has 2 heterocycles. The van der Waals surface area contributed by atoms with Gasteiger partial charge in [-0.25, -0.2) is 9.48 Å². The second kappa shape index (κ2) is 5.40. The molecule has 7 heteroatoms. The fourth-order valence-electron chi connectivity index (χ4n) is 2.41. The Kier molecular flexibility index (Phi) is 4.03. The fraction of sp³-hybridized carbons (Fsp3) is 0.667. The van der Waals surface area contributed by atoms with Crippen LogP contribution in [0.15, 0.2) is 4.47 Å². The minimum atomic E-state index is 0.0734. The average Bonchev–Trinajstić information content (AvgIpc) is 2.66. The molecular formula is C12H20BrN5O. The number of carbonyl (C=O) groups excluding carboxylic acids is 1. The van der Waals surface area contributed by atoms with E-state index in [0.29, 0.717) is 5.82 Å². The zero-order chi connectivity index (χ0) is 14.2. The van der Waals surface area contributed by atoms with Crippen molar-refractivity contribution in [3.05, 3.63) is 10.2 Å². The van der Waals surface area contributed by atoms with Crippen LogP contribution in [0.25, 0.3) is 0 Å². The molecule has 0 radical (unpaired) electrons. The number of halogens is 1. The maximum atomic E-state index is 11.9. The van der Waals surface area contributed by atoms with Crippen molar-refractivity contribution in [1.29, 1.82) is 0 Å². The normalized spacial score (nSPS) is 16.7. The van der Waals surface area contributed by atoms with E-state index in [9.17, 15) is 4.79 Å². The number of aromatic nitrogens is 2. The van der Waals surface area contributed by atoms with Crippen LogP contribution in [0.3, 0.4) is 0 Å². The molecule has 2 N–H and O–H groups in total. The number of nitrogen functional groups attached to an aromatic ring is 1.